The van der Waals surface area contributed by atoms with E-state index in [2.05, 4.69) is 37.8 Å². The third-order valence-corrected chi connectivity index (χ3v) is 4.72. The molecule has 0 saturated carbocycles. The van der Waals surface area contributed by atoms with Crippen LogP contribution < -0.4 is 5.73 Å². The first-order valence-electron chi connectivity index (χ1n) is 7.24. The van der Waals surface area contributed by atoms with Crippen molar-refractivity contribution in [1.82, 2.24) is 4.90 Å². The van der Waals surface area contributed by atoms with Crippen LogP contribution in [0.1, 0.15) is 38.8 Å². The number of piperidine rings is 1. The monoisotopic (exact) mass is 280 g/mol. The van der Waals surface area contributed by atoms with Gasteiger partial charge in [-0.05, 0) is 49.4 Å². The van der Waals surface area contributed by atoms with Gasteiger partial charge >= 0.3 is 0 Å². The van der Waals surface area contributed by atoms with Gasteiger partial charge in [0.2, 0.25) is 0 Å². The van der Waals surface area contributed by atoms with Crippen LogP contribution in [0.25, 0.3) is 0 Å². The van der Waals surface area contributed by atoms with Gasteiger partial charge in [0, 0.05) is 23.7 Å². The average Bonchev–Trinajstić information content (AvgIpc) is 2.36. The summed E-state index contributed by atoms with van der Waals surface area (Å²) in [6, 6.07) is 8.57. The molecule has 0 radical (unpaired) electrons. The molecule has 1 aromatic carbocycles. The fraction of sp³-hybridized carbons (Fsp3) is 0.625. The number of rotatable bonds is 3. The summed E-state index contributed by atoms with van der Waals surface area (Å²) in [6.07, 6.45) is 1.26. The summed E-state index contributed by atoms with van der Waals surface area (Å²) in [5.41, 5.74) is 7.52. The zero-order valence-corrected chi connectivity index (χ0v) is 12.9. The lowest BCUT2D eigenvalue weighted by atomic mass is 9.86. The standard InChI is InChI=1S/C16H25ClN2/c1-11-8-9-19(10-12(11)2)16(13(3)18)14-4-6-15(17)7-5-14/h4-7,11-13,16H,8-10,18H2,1-3H3. The second-order valence-corrected chi connectivity index (χ2v) is 6.53. The van der Waals surface area contributed by atoms with Crippen LogP contribution in [-0.2, 0) is 0 Å². The summed E-state index contributed by atoms with van der Waals surface area (Å²) in [5.74, 6) is 1.55. The molecule has 2 nitrogen and oxygen atoms in total. The van der Waals surface area contributed by atoms with Crippen molar-refractivity contribution in [2.24, 2.45) is 17.6 Å². The van der Waals surface area contributed by atoms with Crippen molar-refractivity contribution in [3.05, 3.63) is 34.9 Å². The predicted octanol–water partition coefficient (Wildman–Crippen LogP) is 3.71. The smallest absolute Gasteiger partial charge is 0.0496 e. The van der Waals surface area contributed by atoms with E-state index in [4.69, 9.17) is 17.3 Å². The molecule has 4 unspecified atom stereocenters. The Labute approximate surface area is 121 Å². The largest absolute Gasteiger partial charge is 0.326 e. The number of nitrogens with two attached hydrogens (primary N) is 1. The van der Waals surface area contributed by atoms with Crippen molar-refractivity contribution < 1.29 is 0 Å². The average molecular weight is 281 g/mol. The molecule has 106 valence electrons. The maximum absolute atomic E-state index is 6.24. The molecule has 4 atom stereocenters. The van der Waals surface area contributed by atoms with Crippen molar-refractivity contribution in [3.8, 4) is 0 Å². The number of hydrogen-bond donors (Lipinski definition) is 1. The molecule has 1 fully saturated rings. The van der Waals surface area contributed by atoms with Gasteiger partial charge in [0.1, 0.15) is 0 Å². The molecular weight excluding hydrogens is 256 g/mol. The van der Waals surface area contributed by atoms with E-state index in [1.165, 1.54) is 12.0 Å². The van der Waals surface area contributed by atoms with Crippen LogP contribution in [0.5, 0.6) is 0 Å². The Morgan fingerprint density at radius 1 is 1.21 bits per heavy atom. The molecule has 0 aliphatic carbocycles. The molecule has 1 aliphatic heterocycles. The molecule has 1 saturated heterocycles. The summed E-state index contributed by atoms with van der Waals surface area (Å²) in [5, 5.41) is 0.785. The second kappa shape index (κ2) is 6.25. The molecule has 19 heavy (non-hydrogen) atoms. The van der Waals surface area contributed by atoms with Crippen LogP contribution in [0.15, 0.2) is 24.3 Å². The van der Waals surface area contributed by atoms with Crippen molar-refractivity contribution in [1.29, 1.82) is 0 Å². The minimum absolute atomic E-state index is 0.127. The summed E-state index contributed by atoms with van der Waals surface area (Å²) < 4.78 is 0. The molecule has 0 amide bonds. The lowest BCUT2D eigenvalue weighted by Crippen LogP contribution is -2.46. The lowest BCUT2D eigenvalue weighted by molar-refractivity contribution is 0.0851. The maximum Gasteiger partial charge on any atom is 0.0496 e. The van der Waals surface area contributed by atoms with E-state index in [-0.39, 0.29) is 6.04 Å². The van der Waals surface area contributed by atoms with Gasteiger partial charge in [-0.1, -0.05) is 37.6 Å². The first-order valence-corrected chi connectivity index (χ1v) is 7.62. The molecule has 0 aromatic heterocycles. The highest BCUT2D eigenvalue weighted by Gasteiger charge is 2.30. The molecule has 1 aliphatic rings. The SMILES string of the molecule is CC(N)C(c1ccc(Cl)cc1)N1CCC(C)C(C)C1. The molecule has 0 bridgehead atoms. The highest BCUT2D eigenvalue weighted by molar-refractivity contribution is 6.30. The second-order valence-electron chi connectivity index (χ2n) is 6.09. The van der Waals surface area contributed by atoms with Crippen molar-refractivity contribution >= 4 is 11.6 Å². The van der Waals surface area contributed by atoms with E-state index in [1.54, 1.807) is 0 Å². The highest BCUT2D eigenvalue weighted by atomic mass is 35.5. The Kier molecular flexibility index (Phi) is 4.88. The van der Waals surface area contributed by atoms with Gasteiger partial charge in [0.25, 0.3) is 0 Å². The summed E-state index contributed by atoms with van der Waals surface area (Å²) in [7, 11) is 0. The maximum atomic E-state index is 6.24. The van der Waals surface area contributed by atoms with Crippen molar-refractivity contribution in [3.63, 3.8) is 0 Å². The van der Waals surface area contributed by atoms with Crippen LogP contribution in [0.2, 0.25) is 5.02 Å². The Hall–Kier alpha value is -0.570. The third-order valence-electron chi connectivity index (χ3n) is 4.47. The van der Waals surface area contributed by atoms with E-state index in [0.717, 1.165) is 29.9 Å². The van der Waals surface area contributed by atoms with Gasteiger partial charge in [-0.25, -0.2) is 0 Å². The zero-order chi connectivity index (χ0) is 14.0. The molecule has 2 N–H and O–H groups in total. The molecule has 1 aromatic rings. The number of nitrogens with zero attached hydrogens (tertiary/aromatic N) is 1. The first kappa shape index (κ1) is 14.8. The third kappa shape index (κ3) is 3.50. The van der Waals surface area contributed by atoms with Gasteiger partial charge in [-0.3, -0.25) is 4.90 Å². The van der Waals surface area contributed by atoms with E-state index < -0.39 is 0 Å². The fourth-order valence-electron chi connectivity index (χ4n) is 3.05. The summed E-state index contributed by atoms with van der Waals surface area (Å²) in [6.45, 7) is 9.07. The van der Waals surface area contributed by atoms with Crippen LogP contribution in [0.4, 0.5) is 0 Å². The number of halogens is 1. The van der Waals surface area contributed by atoms with Crippen LogP contribution >= 0.6 is 11.6 Å². The Balaban J connectivity index is 2.18. The van der Waals surface area contributed by atoms with E-state index in [1.807, 2.05) is 12.1 Å². The molecule has 1 heterocycles. The Bertz CT molecular complexity index is 402. The van der Waals surface area contributed by atoms with Gasteiger partial charge < -0.3 is 5.73 Å². The van der Waals surface area contributed by atoms with E-state index in [9.17, 15) is 0 Å². The highest BCUT2D eigenvalue weighted by Crippen LogP contribution is 2.31. The predicted molar refractivity (Wildman–Crippen MR) is 82.4 cm³/mol. The molecule has 2 rings (SSSR count). The minimum atomic E-state index is 0.127. The molecular formula is C16H25ClN2. The van der Waals surface area contributed by atoms with Gasteiger partial charge in [0.15, 0.2) is 0 Å². The van der Waals surface area contributed by atoms with Crippen molar-refractivity contribution in [2.75, 3.05) is 13.1 Å². The summed E-state index contributed by atoms with van der Waals surface area (Å²) >= 11 is 5.98. The van der Waals surface area contributed by atoms with Crippen molar-refractivity contribution in [2.45, 2.75) is 39.3 Å². The fourth-order valence-corrected chi connectivity index (χ4v) is 3.18. The Morgan fingerprint density at radius 3 is 2.37 bits per heavy atom. The minimum Gasteiger partial charge on any atom is -0.326 e. The van der Waals surface area contributed by atoms with Gasteiger partial charge in [-0.15, -0.1) is 0 Å². The van der Waals surface area contributed by atoms with Crippen LogP contribution in [-0.4, -0.2) is 24.0 Å². The van der Waals surface area contributed by atoms with Gasteiger partial charge in [0.05, 0.1) is 0 Å². The number of benzene rings is 1. The quantitative estimate of drug-likeness (QED) is 0.915. The topological polar surface area (TPSA) is 29.3 Å². The molecule has 3 heteroatoms. The number of likely N-dealkylation sites (tertiary alicyclic amines) is 1. The number of hydrogen-bond acceptors (Lipinski definition) is 2. The van der Waals surface area contributed by atoms with E-state index >= 15 is 0 Å². The lowest BCUT2D eigenvalue weighted by Gasteiger charge is -2.42. The van der Waals surface area contributed by atoms with Gasteiger partial charge in [-0.2, -0.15) is 0 Å². The van der Waals surface area contributed by atoms with Crippen LogP contribution in [0, 0.1) is 11.8 Å². The zero-order valence-electron chi connectivity index (χ0n) is 12.1. The summed E-state index contributed by atoms with van der Waals surface area (Å²) in [4.78, 5) is 2.54. The Morgan fingerprint density at radius 2 is 1.84 bits per heavy atom. The normalized spacial score (nSPS) is 28.1. The van der Waals surface area contributed by atoms with E-state index in [0.29, 0.717) is 6.04 Å². The first-order chi connectivity index (χ1) is 8.99. The van der Waals surface area contributed by atoms with Crippen LogP contribution in [0.3, 0.4) is 0 Å². The molecule has 0 spiro atoms.